The first-order valence-corrected chi connectivity index (χ1v) is 14.2. The van der Waals surface area contributed by atoms with Crippen LogP contribution in [0.3, 0.4) is 0 Å². The molecule has 1 aliphatic heterocycles. The smallest absolute Gasteiger partial charge is 0.267 e. The number of nitrogens with zero attached hydrogens (tertiary/aromatic N) is 2. The number of fused-ring (bicyclic) bond motifs is 3. The van der Waals surface area contributed by atoms with Crippen molar-refractivity contribution in [3.63, 3.8) is 0 Å². The number of carbonyl (C=O) groups excluding carboxylic acids is 2. The van der Waals surface area contributed by atoms with Gasteiger partial charge in [0.1, 0.15) is 0 Å². The second-order valence-corrected chi connectivity index (χ2v) is 11.9. The van der Waals surface area contributed by atoms with Crippen molar-refractivity contribution >= 4 is 109 Å². The Morgan fingerprint density at radius 1 is 0.675 bits per heavy atom. The van der Waals surface area contributed by atoms with Crippen molar-refractivity contribution < 1.29 is 9.59 Å². The zero-order valence-corrected chi connectivity index (χ0v) is 25.4. The predicted octanol–water partition coefficient (Wildman–Crippen LogP) is 10.4. The zero-order chi connectivity index (χ0) is 28.9. The molecule has 0 saturated heterocycles. The first-order chi connectivity index (χ1) is 18.9. The first-order valence-electron chi connectivity index (χ1n) is 11.9. The van der Waals surface area contributed by atoms with Gasteiger partial charge in [-0.25, -0.2) is 9.88 Å². The van der Waals surface area contributed by atoms with E-state index in [4.69, 9.17) is 74.6 Å². The fraction of sp³-hybridized carbons (Fsp3) is 0.100. The van der Waals surface area contributed by atoms with Gasteiger partial charge in [0.2, 0.25) is 0 Å². The van der Waals surface area contributed by atoms with Crippen molar-refractivity contribution in [1.82, 2.24) is 4.98 Å². The van der Waals surface area contributed by atoms with E-state index in [1.807, 2.05) is 18.2 Å². The molecule has 0 fully saturated rings. The number of amides is 2. The van der Waals surface area contributed by atoms with E-state index in [-0.39, 0.29) is 31.9 Å². The number of aromatic nitrogens is 1. The highest BCUT2D eigenvalue weighted by Gasteiger charge is 2.43. The van der Waals surface area contributed by atoms with Crippen LogP contribution in [0, 0.1) is 13.8 Å². The number of anilines is 1. The van der Waals surface area contributed by atoms with Crippen LogP contribution in [0.4, 0.5) is 5.69 Å². The highest BCUT2D eigenvalue weighted by atomic mass is 35.5. The van der Waals surface area contributed by atoms with Crippen LogP contribution in [0.25, 0.3) is 22.0 Å². The largest absolute Gasteiger partial charge is 0.268 e. The Hall–Kier alpha value is -2.57. The minimum absolute atomic E-state index is 0.0104. The van der Waals surface area contributed by atoms with Crippen LogP contribution in [-0.4, -0.2) is 16.8 Å². The molecule has 200 valence electrons. The van der Waals surface area contributed by atoms with Gasteiger partial charge in [-0.1, -0.05) is 101 Å². The fourth-order valence-corrected chi connectivity index (χ4v) is 7.17. The summed E-state index contributed by atoms with van der Waals surface area (Å²) in [6.45, 7) is 12.0. The lowest BCUT2D eigenvalue weighted by molar-refractivity contribution is 0.0926. The second kappa shape index (κ2) is 9.49. The Labute approximate surface area is 259 Å². The standard InChI is InChI=1S/C30H16Cl6N2O2/c1-10-17(11(2)19-18(10)22(31)12(3)24(33)26(19)35)15-9-8-14-6-5-7-16(28(14)37-15)38-29(39)20-21(30(38)40)27(36)25(34)13(4)23(20)32/h5-9,17H,1-2H2,3-4H3. The summed E-state index contributed by atoms with van der Waals surface area (Å²) in [5.41, 5.74) is 4.91. The molecular formula is C30H16Cl6N2O2. The molecule has 3 aromatic carbocycles. The molecule has 0 N–H and O–H groups in total. The lowest BCUT2D eigenvalue weighted by Gasteiger charge is -2.18. The van der Waals surface area contributed by atoms with Gasteiger partial charge >= 0.3 is 0 Å². The topological polar surface area (TPSA) is 50.3 Å². The van der Waals surface area contributed by atoms with Gasteiger partial charge in [-0.2, -0.15) is 0 Å². The third-order valence-corrected chi connectivity index (χ3v) is 10.3. The number of para-hydroxylation sites is 1. The van der Waals surface area contributed by atoms with Crippen molar-refractivity contribution in [3.8, 4) is 0 Å². The van der Waals surface area contributed by atoms with Crippen molar-refractivity contribution in [3.05, 3.63) is 113 Å². The molecule has 2 heterocycles. The molecule has 1 atom stereocenters. The highest BCUT2D eigenvalue weighted by Crippen LogP contribution is 2.56. The number of hydrogen-bond donors (Lipinski definition) is 0. The third kappa shape index (κ3) is 3.57. The molecule has 1 aromatic heterocycles. The summed E-state index contributed by atoms with van der Waals surface area (Å²) < 4.78 is 0. The maximum atomic E-state index is 13.6. The van der Waals surface area contributed by atoms with Crippen molar-refractivity contribution in [2.45, 2.75) is 19.8 Å². The zero-order valence-electron chi connectivity index (χ0n) is 20.9. The van der Waals surface area contributed by atoms with E-state index in [9.17, 15) is 9.59 Å². The van der Waals surface area contributed by atoms with E-state index in [1.165, 1.54) is 0 Å². The number of halogens is 6. The predicted molar refractivity (Wildman–Crippen MR) is 166 cm³/mol. The molecule has 0 bridgehead atoms. The van der Waals surface area contributed by atoms with Gasteiger partial charge in [0.15, 0.2) is 0 Å². The molecule has 0 spiro atoms. The lowest BCUT2D eigenvalue weighted by atomic mass is 9.93. The van der Waals surface area contributed by atoms with Gasteiger partial charge in [-0.3, -0.25) is 9.59 Å². The van der Waals surface area contributed by atoms with E-state index < -0.39 is 17.7 Å². The van der Waals surface area contributed by atoms with Crippen LogP contribution >= 0.6 is 69.6 Å². The quantitative estimate of drug-likeness (QED) is 0.161. The molecule has 1 aliphatic carbocycles. The number of imide groups is 1. The minimum Gasteiger partial charge on any atom is -0.268 e. The Morgan fingerprint density at radius 2 is 1.18 bits per heavy atom. The van der Waals surface area contributed by atoms with E-state index in [0.29, 0.717) is 65.1 Å². The van der Waals surface area contributed by atoms with Gasteiger partial charge in [-0.15, -0.1) is 0 Å². The van der Waals surface area contributed by atoms with Crippen molar-refractivity contribution in [2.75, 3.05) is 4.90 Å². The van der Waals surface area contributed by atoms with Crippen molar-refractivity contribution in [1.29, 1.82) is 0 Å². The van der Waals surface area contributed by atoms with Crippen LogP contribution in [0.2, 0.25) is 30.1 Å². The summed E-state index contributed by atoms with van der Waals surface area (Å²) in [4.78, 5) is 33.2. The number of pyridine rings is 1. The van der Waals surface area contributed by atoms with Gasteiger partial charge in [0.05, 0.1) is 64.1 Å². The summed E-state index contributed by atoms with van der Waals surface area (Å²) >= 11 is 39.0. The minimum atomic E-state index is -0.640. The number of allylic oxidation sites excluding steroid dienone is 2. The maximum absolute atomic E-state index is 13.6. The average molecular weight is 649 g/mol. The highest BCUT2D eigenvalue weighted by molar-refractivity contribution is 6.51. The van der Waals surface area contributed by atoms with Gasteiger partial charge < -0.3 is 0 Å². The molecule has 40 heavy (non-hydrogen) atoms. The number of rotatable bonds is 2. The Bertz CT molecular complexity index is 1840. The molecular weight excluding hydrogens is 633 g/mol. The normalized spacial score (nSPS) is 16.4. The van der Waals surface area contributed by atoms with Crippen LogP contribution in [0.1, 0.15) is 54.6 Å². The van der Waals surface area contributed by atoms with E-state index in [0.717, 1.165) is 4.90 Å². The monoisotopic (exact) mass is 646 g/mol. The number of hydrogen-bond acceptors (Lipinski definition) is 3. The van der Waals surface area contributed by atoms with Gasteiger partial charge in [-0.05, 0) is 48.3 Å². The molecule has 10 heteroatoms. The Kier molecular flexibility index (Phi) is 6.54. The van der Waals surface area contributed by atoms with Crippen LogP contribution < -0.4 is 4.90 Å². The molecule has 0 saturated carbocycles. The average Bonchev–Trinajstić information content (AvgIpc) is 3.35. The molecule has 2 amide bonds. The summed E-state index contributed by atoms with van der Waals surface area (Å²) in [5.74, 6) is -1.72. The van der Waals surface area contributed by atoms with Crippen LogP contribution in [-0.2, 0) is 0 Å². The second-order valence-electron chi connectivity index (χ2n) is 9.65. The Balaban J connectivity index is 1.52. The van der Waals surface area contributed by atoms with Gasteiger partial charge in [0, 0.05) is 16.5 Å². The first kappa shape index (κ1) is 27.6. The maximum Gasteiger partial charge on any atom is 0.267 e. The summed E-state index contributed by atoms with van der Waals surface area (Å²) in [7, 11) is 0. The summed E-state index contributed by atoms with van der Waals surface area (Å²) in [5, 5.41) is 2.04. The van der Waals surface area contributed by atoms with Gasteiger partial charge in [0.25, 0.3) is 11.8 Å². The molecule has 4 aromatic rings. The summed E-state index contributed by atoms with van der Waals surface area (Å²) in [6, 6.07) is 8.90. The van der Waals surface area contributed by atoms with E-state index in [1.54, 1.807) is 26.0 Å². The molecule has 6 rings (SSSR count). The van der Waals surface area contributed by atoms with E-state index >= 15 is 0 Å². The molecule has 0 radical (unpaired) electrons. The van der Waals surface area contributed by atoms with Crippen molar-refractivity contribution in [2.24, 2.45) is 0 Å². The third-order valence-electron chi connectivity index (χ3n) is 7.51. The number of benzene rings is 3. The SMILES string of the molecule is C=C1c2c(Cl)c(C)c(Cl)c(Cl)c2C(=C)C1c1ccc2cccc(N3C(=O)c4c(Cl)c(C)c(Cl)c(Cl)c4C3=O)c2n1. The molecule has 2 aliphatic rings. The number of carbonyl (C=O) groups is 2. The summed E-state index contributed by atoms with van der Waals surface area (Å²) in [6.07, 6.45) is 0. The lowest BCUT2D eigenvalue weighted by Crippen LogP contribution is -2.29. The molecule has 1 unspecified atom stereocenters. The van der Waals surface area contributed by atoms with Crippen LogP contribution in [0.5, 0.6) is 0 Å². The fourth-order valence-electron chi connectivity index (χ4n) is 5.44. The van der Waals surface area contributed by atoms with Crippen LogP contribution in [0.15, 0.2) is 43.5 Å². The molecule has 4 nitrogen and oxygen atoms in total. The Morgan fingerprint density at radius 3 is 1.77 bits per heavy atom. The van der Waals surface area contributed by atoms with E-state index in [2.05, 4.69) is 13.2 Å².